The van der Waals surface area contributed by atoms with E-state index in [1.54, 1.807) is 18.0 Å². The Morgan fingerprint density at radius 2 is 1.86 bits per heavy atom. The van der Waals surface area contributed by atoms with E-state index in [-0.39, 0.29) is 11.8 Å². The molecule has 3 aromatic rings. The maximum absolute atomic E-state index is 12.8. The molecule has 29 heavy (non-hydrogen) atoms. The Morgan fingerprint density at radius 1 is 1.10 bits per heavy atom. The van der Waals surface area contributed by atoms with Crippen LogP contribution in [0.25, 0.3) is 16.9 Å². The van der Waals surface area contributed by atoms with Crippen molar-refractivity contribution < 1.29 is 14.3 Å². The van der Waals surface area contributed by atoms with Crippen molar-refractivity contribution in [2.24, 2.45) is 5.92 Å². The third-order valence-electron chi connectivity index (χ3n) is 4.85. The molecule has 1 fully saturated rings. The quantitative estimate of drug-likeness (QED) is 0.656. The van der Waals surface area contributed by atoms with E-state index >= 15 is 0 Å². The van der Waals surface area contributed by atoms with Gasteiger partial charge in [0.25, 0.3) is 5.91 Å². The number of rotatable bonds is 5. The highest BCUT2D eigenvalue weighted by molar-refractivity contribution is 6.00. The second kappa shape index (κ2) is 7.79. The lowest BCUT2D eigenvalue weighted by Gasteiger charge is -2.07. The molecule has 1 aliphatic rings. The molecule has 0 aliphatic heterocycles. The monoisotopic (exact) mass is 390 g/mol. The summed E-state index contributed by atoms with van der Waals surface area (Å²) in [5.74, 6) is 0.0894. The number of ether oxygens (including phenoxy) is 1. The van der Waals surface area contributed by atoms with E-state index < -0.39 is 5.91 Å². The smallest absolute Gasteiger partial charge is 0.273 e. The number of carbonyl (C=O) groups is 2. The summed E-state index contributed by atoms with van der Waals surface area (Å²) in [5.41, 5.74) is 8.58. The van der Waals surface area contributed by atoms with Crippen LogP contribution in [0, 0.1) is 12.8 Å². The van der Waals surface area contributed by atoms with Crippen molar-refractivity contribution in [3.05, 3.63) is 65.9 Å². The van der Waals surface area contributed by atoms with Crippen molar-refractivity contribution in [2.75, 3.05) is 7.11 Å². The SMILES string of the molecule is COc1cccc(-c2nn(-c3ccc(C)cc3)cc2C(=O)NNC(=O)C2CC2)c1. The summed E-state index contributed by atoms with van der Waals surface area (Å²) in [5, 5.41) is 4.64. The van der Waals surface area contributed by atoms with Crippen molar-refractivity contribution in [3.8, 4) is 22.7 Å². The van der Waals surface area contributed by atoms with E-state index in [2.05, 4.69) is 16.0 Å². The Kier molecular flexibility index (Phi) is 5.03. The van der Waals surface area contributed by atoms with Gasteiger partial charge in [0, 0.05) is 17.7 Å². The lowest BCUT2D eigenvalue weighted by Crippen LogP contribution is -2.42. The van der Waals surface area contributed by atoms with Crippen molar-refractivity contribution >= 4 is 11.8 Å². The summed E-state index contributed by atoms with van der Waals surface area (Å²) < 4.78 is 6.96. The molecule has 0 spiro atoms. The minimum Gasteiger partial charge on any atom is -0.497 e. The molecule has 1 heterocycles. The minimum atomic E-state index is -0.421. The second-order valence-corrected chi connectivity index (χ2v) is 7.12. The first-order valence-electron chi connectivity index (χ1n) is 9.46. The number of nitrogens with one attached hydrogen (secondary N) is 2. The zero-order valence-corrected chi connectivity index (χ0v) is 16.3. The highest BCUT2D eigenvalue weighted by Crippen LogP contribution is 2.29. The predicted octanol–water partition coefficient (Wildman–Crippen LogP) is 3.03. The van der Waals surface area contributed by atoms with E-state index in [1.807, 2.05) is 55.5 Å². The summed E-state index contributed by atoms with van der Waals surface area (Å²) in [6.45, 7) is 2.01. The normalized spacial score (nSPS) is 13.0. The van der Waals surface area contributed by atoms with Gasteiger partial charge in [0.05, 0.1) is 18.4 Å². The van der Waals surface area contributed by atoms with Crippen LogP contribution in [0.3, 0.4) is 0 Å². The molecule has 0 unspecified atom stereocenters. The number of carbonyl (C=O) groups excluding carboxylic acids is 2. The van der Waals surface area contributed by atoms with Gasteiger partial charge < -0.3 is 4.74 Å². The molecule has 148 valence electrons. The van der Waals surface area contributed by atoms with Gasteiger partial charge in [-0.25, -0.2) is 4.68 Å². The minimum absolute atomic E-state index is 0.00318. The van der Waals surface area contributed by atoms with E-state index in [0.717, 1.165) is 29.7 Å². The number of hydrogen-bond acceptors (Lipinski definition) is 4. The fraction of sp³-hybridized carbons (Fsp3) is 0.227. The van der Waals surface area contributed by atoms with Crippen LogP contribution in [0.1, 0.15) is 28.8 Å². The topological polar surface area (TPSA) is 85.2 Å². The van der Waals surface area contributed by atoms with Crippen LogP contribution in [-0.4, -0.2) is 28.7 Å². The van der Waals surface area contributed by atoms with Gasteiger partial charge in [-0.05, 0) is 44.0 Å². The predicted molar refractivity (Wildman–Crippen MR) is 109 cm³/mol. The molecule has 7 nitrogen and oxygen atoms in total. The molecule has 0 atom stereocenters. The number of hydrazine groups is 1. The van der Waals surface area contributed by atoms with Gasteiger partial charge in [0.1, 0.15) is 11.4 Å². The number of aryl methyl sites for hydroxylation is 1. The highest BCUT2D eigenvalue weighted by Gasteiger charge is 2.30. The molecule has 0 bridgehead atoms. The molecular formula is C22H22N4O3. The molecule has 1 aromatic heterocycles. The summed E-state index contributed by atoms with van der Waals surface area (Å²) in [7, 11) is 1.59. The zero-order valence-electron chi connectivity index (χ0n) is 16.3. The molecule has 0 saturated heterocycles. The van der Waals surface area contributed by atoms with Crippen LogP contribution >= 0.6 is 0 Å². The van der Waals surface area contributed by atoms with Crippen LogP contribution in [0.15, 0.2) is 54.7 Å². The molecule has 1 aliphatic carbocycles. The first-order valence-corrected chi connectivity index (χ1v) is 9.46. The van der Waals surface area contributed by atoms with Gasteiger partial charge >= 0.3 is 0 Å². The van der Waals surface area contributed by atoms with Gasteiger partial charge in [-0.2, -0.15) is 5.10 Å². The van der Waals surface area contributed by atoms with Crippen LogP contribution < -0.4 is 15.6 Å². The van der Waals surface area contributed by atoms with Crippen molar-refractivity contribution in [2.45, 2.75) is 19.8 Å². The molecule has 0 radical (unpaired) electrons. The summed E-state index contributed by atoms with van der Waals surface area (Å²) >= 11 is 0. The molecule has 1 saturated carbocycles. The van der Waals surface area contributed by atoms with Gasteiger partial charge in [0.2, 0.25) is 5.91 Å². The van der Waals surface area contributed by atoms with Gasteiger partial charge in [-0.3, -0.25) is 20.4 Å². The van der Waals surface area contributed by atoms with Crippen LogP contribution in [0.2, 0.25) is 0 Å². The van der Waals surface area contributed by atoms with Gasteiger partial charge in [-0.15, -0.1) is 0 Å². The maximum Gasteiger partial charge on any atom is 0.273 e. The first kappa shape index (κ1) is 18.7. The summed E-state index contributed by atoms with van der Waals surface area (Å²) in [4.78, 5) is 24.7. The Balaban J connectivity index is 1.69. The zero-order chi connectivity index (χ0) is 20.4. The second-order valence-electron chi connectivity index (χ2n) is 7.12. The highest BCUT2D eigenvalue weighted by atomic mass is 16.5. The summed E-state index contributed by atoms with van der Waals surface area (Å²) in [6, 6.07) is 15.2. The van der Waals surface area contributed by atoms with Crippen molar-refractivity contribution in [3.63, 3.8) is 0 Å². The number of amides is 2. The first-order chi connectivity index (χ1) is 14.0. The van der Waals surface area contributed by atoms with Gasteiger partial charge in [0.15, 0.2) is 0 Å². The number of aromatic nitrogens is 2. The maximum atomic E-state index is 12.8. The van der Waals surface area contributed by atoms with Crippen LogP contribution in [0.5, 0.6) is 5.75 Å². The third kappa shape index (κ3) is 4.13. The lowest BCUT2D eigenvalue weighted by molar-refractivity contribution is -0.123. The fourth-order valence-electron chi connectivity index (χ4n) is 2.99. The van der Waals surface area contributed by atoms with E-state index in [9.17, 15) is 9.59 Å². The number of methoxy groups -OCH3 is 1. The average molecular weight is 390 g/mol. The molecule has 2 amide bonds. The van der Waals surface area contributed by atoms with Crippen molar-refractivity contribution in [1.29, 1.82) is 0 Å². The van der Waals surface area contributed by atoms with E-state index in [4.69, 9.17) is 4.74 Å². The lowest BCUT2D eigenvalue weighted by atomic mass is 10.1. The Bertz CT molecular complexity index is 1050. The number of benzene rings is 2. The summed E-state index contributed by atoms with van der Waals surface area (Å²) in [6.07, 6.45) is 3.39. The molecule has 7 heteroatoms. The molecule has 4 rings (SSSR count). The Labute approximate surface area is 168 Å². The van der Waals surface area contributed by atoms with Crippen LogP contribution in [0.4, 0.5) is 0 Å². The number of hydrogen-bond donors (Lipinski definition) is 2. The van der Waals surface area contributed by atoms with Crippen LogP contribution in [-0.2, 0) is 4.79 Å². The number of nitrogens with zero attached hydrogens (tertiary/aromatic N) is 2. The Morgan fingerprint density at radius 3 is 2.55 bits per heavy atom. The Hall–Kier alpha value is -3.61. The fourth-order valence-corrected chi connectivity index (χ4v) is 2.99. The average Bonchev–Trinajstić information content (AvgIpc) is 3.51. The molecule has 2 aromatic carbocycles. The molecular weight excluding hydrogens is 368 g/mol. The molecule has 2 N–H and O–H groups in total. The van der Waals surface area contributed by atoms with E-state index in [1.165, 1.54) is 0 Å². The van der Waals surface area contributed by atoms with Gasteiger partial charge in [-0.1, -0.05) is 29.8 Å². The third-order valence-corrected chi connectivity index (χ3v) is 4.85. The van der Waals surface area contributed by atoms with Crippen molar-refractivity contribution in [1.82, 2.24) is 20.6 Å². The largest absolute Gasteiger partial charge is 0.497 e. The van der Waals surface area contributed by atoms with E-state index in [0.29, 0.717) is 17.0 Å². The standard InChI is InChI=1S/C22H22N4O3/c1-14-6-10-17(11-7-14)26-13-19(22(28)24-23-21(27)15-8-9-15)20(25-26)16-4-3-5-18(12-16)29-2/h3-7,10-13,15H,8-9H2,1-2H3,(H,23,27)(H,24,28).